The van der Waals surface area contributed by atoms with E-state index >= 15 is 0 Å². The molecule has 0 spiro atoms. The molecule has 3 aromatic rings. The van der Waals surface area contributed by atoms with Crippen molar-refractivity contribution in [3.63, 3.8) is 0 Å². The maximum absolute atomic E-state index is 13.1. The van der Waals surface area contributed by atoms with Crippen LogP contribution in [-0.2, 0) is 19.6 Å². The van der Waals surface area contributed by atoms with Gasteiger partial charge in [0.15, 0.2) is 0 Å². The molecule has 3 aromatic carbocycles. The summed E-state index contributed by atoms with van der Waals surface area (Å²) in [7, 11) is -3.61. The molecule has 1 fully saturated rings. The predicted octanol–water partition coefficient (Wildman–Crippen LogP) is 3.46. The van der Waals surface area contributed by atoms with E-state index in [0.717, 1.165) is 16.3 Å². The number of rotatable bonds is 7. The molecule has 1 heterocycles. The number of benzene rings is 3. The monoisotopic (exact) mass is 467 g/mol. The SMILES string of the molecule is Cc1ccc(NCC(=O)NC(C)c2ccc3ccccc3c2)cc1S(=O)(=O)N1CCOCC1. The third-order valence-corrected chi connectivity index (χ3v) is 7.92. The van der Waals surface area contributed by atoms with Crippen molar-refractivity contribution in [3.05, 3.63) is 71.8 Å². The number of nitrogens with zero attached hydrogens (tertiary/aromatic N) is 1. The van der Waals surface area contributed by atoms with Crippen LogP contribution in [-0.4, -0.2) is 51.5 Å². The Balaban J connectivity index is 1.40. The number of carbonyl (C=O) groups excluding carboxylic acids is 1. The highest BCUT2D eigenvalue weighted by Gasteiger charge is 2.28. The number of ether oxygens (including phenoxy) is 1. The van der Waals surface area contributed by atoms with E-state index < -0.39 is 10.0 Å². The van der Waals surface area contributed by atoms with Gasteiger partial charge in [0.2, 0.25) is 15.9 Å². The first-order valence-electron chi connectivity index (χ1n) is 11.0. The second kappa shape index (κ2) is 9.91. The summed E-state index contributed by atoms with van der Waals surface area (Å²) in [5.74, 6) is -0.172. The fourth-order valence-electron chi connectivity index (χ4n) is 3.95. The number of carbonyl (C=O) groups is 1. The smallest absolute Gasteiger partial charge is 0.243 e. The van der Waals surface area contributed by atoms with Crippen LogP contribution in [0.1, 0.15) is 24.1 Å². The summed E-state index contributed by atoms with van der Waals surface area (Å²) in [6, 6.07) is 19.2. The Morgan fingerprint density at radius 3 is 2.52 bits per heavy atom. The molecule has 8 heteroatoms. The lowest BCUT2D eigenvalue weighted by atomic mass is 10.0. The molecule has 0 bridgehead atoms. The van der Waals surface area contributed by atoms with E-state index in [9.17, 15) is 13.2 Å². The quantitative estimate of drug-likeness (QED) is 0.556. The van der Waals surface area contributed by atoms with Crippen LogP contribution in [0.25, 0.3) is 10.8 Å². The van der Waals surface area contributed by atoms with Gasteiger partial charge < -0.3 is 15.4 Å². The molecule has 1 atom stereocenters. The van der Waals surface area contributed by atoms with Gasteiger partial charge >= 0.3 is 0 Å². The maximum Gasteiger partial charge on any atom is 0.243 e. The van der Waals surface area contributed by atoms with E-state index in [4.69, 9.17) is 4.74 Å². The average Bonchev–Trinajstić information content (AvgIpc) is 2.83. The predicted molar refractivity (Wildman–Crippen MR) is 130 cm³/mol. The van der Waals surface area contributed by atoms with Crippen molar-refractivity contribution in [3.8, 4) is 0 Å². The zero-order valence-corrected chi connectivity index (χ0v) is 19.7. The van der Waals surface area contributed by atoms with Gasteiger partial charge in [0.1, 0.15) is 0 Å². The minimum absolute atomic E-state index is 0.0397. The minimum Gasteiger partial charge on any atom is -0.379 e. The van der Waals surface area contributed by atoms with E-state index in [1.165, 1.54) is 4.31 Å². The van der Waals surface area contributed by atoms with Gasteiger partial charge in [-0.2, -0.15) is 4.31 Å². The molecule has 1 saturated heterocycles. The van der Waals surface area contributed by atoms with E-state index in [-0.39, 0.29) is 23.4 Å². The fourth-order valence-corrected chi connectivity index (χ4v) is 5.61. The Hall–Kier alpha value is -2.94. The van der Waals surface area contributed by atoms with Crippen LogP contribution in [0.4, 0.5) is 5.69 Å². The summed E-state index contributed by atoms with van der Waals surface area (Å²) in [5, 5.41) is 8.33. The first kappa shape index (κ1) is 23.2. The molecule has 1 aliphatic rings. The lowest BCUT2D eigenvalue weighted by molar-refractivity contribution is -0.120. The highest BCUT2D eigenvalue weighted by molar-refractivity contribution is 7.89. The fraction of sp³-hybridized carbons (Fsp3) is 0.320. The molecule has 1 unspecified atom stereocenters. The lowest BCUT2D eigenvalue weighted by Gasteiger charge is -2.27. The zero-order chi connectivity index (χ0) is 23.4. The average molecular weight is 468 g/mol. The summed E-state index contributed by atoms with van der Waals surface area (Å²) < 4.78 is 32.8. The van der Waals surface area contributed by atoms with Gasteiger partial charge in [-0.15, -0.1) is 0 Å². The minimum atomic E-state index is -3.61. The molecular formula is C25H29N3O4S. The standard InChI is InChI=1S/C25H29N3O4S/c1-18-7-10-23(16-24(18)33(30,31)28-11-13-32-14-12-28)26-17-25(29)27-19(2)21-9-8-20-5-3-4-6-22(20)15-21/h3-10,15-16,19,26H,11-14,17H2,1-2H3,(H,27,29). The number of fused-ring (bicyclic) bond motifs is 1. The summed E-state index contributed by atoms with van der Waals surface area (Å²) in [6.45, 7) is 5.23. The molecule has 0 aliphatic carbocycles. The summed E-state index contributed by atoms with van der Waals surface area (Å²) in [6.07, 6.45) is 0. The normalized spacial score (nSPS) is 15.8. The molecule has 0 saturated carbocycles. The van der Waals surface area contributed by atoms with Crippen LogP contribution in [0.5, 0.6) is 0 Å². The number of hydrogen-bond acceptors (Lipinski definition) is 5. The molecule has 4 rings (SSSR count). The van der Waals surface area contributed by atoms with Crippen molar-refractivity contribution in [1.82, 2.24) is 9.62 Å². The van der Waals surface area contributed by atoms with Gasteiger partial charge in [0, 0.05) is 18.8 Å². The number of sulfonamides is 1. The van der Waals surface area contributed by atoms with Gasteiger partial charge in [-0.1, -0.05) is 42.5 Å². The zero-order valence-electron chi connectivity index (χ0n) is 18.9. The van der Waals surface area contributed by atoms with Crippen LogP contribution in [0.15, 0.2) is 65.6 Å². The van der Waals surface area contributed by atoms with Crippen molar-refractivity contribution < 1.29 is 17.9 Å². The Bertz CT molecular complexity index is 1250. The highest BCUT2D eigenvalue weighted by atomic mass is 32.2. The summed E-state index contributed by atoms with van der Waals surface area (Å²) in [5.41, 5.74) is 2.28. The number of hydrogen-bond donors (Lipinski definition) is 2. The molecule has 0 aromatic heterocycles. The maximum atomic E-state index is 13.1. The first-order chi connectivity index (χ1) is 15.8. The van der Waals surface area contributed by atoms with Crippen LogP contribution in [0.3, 0.4) is 0 Å². The third-order valence-electron chi connectivity index (χ3n) is 5.88. The molecule has 1 amide bonds. The van der Waals surface area contributed by atoms with E-state index in [0.29, 0.717) is 37.6 Å². The molecule has 174 valence electrons. The lowest BCUT2D eigenvalue weighted by Crippen LogP contribution is -2.40. The summed E-state index contributed by atoms with van der Waals surface area (Å²) in [4.78, 5) is 12.8. The van der Waals surface area contributed by atoms with Crippen molar-refractivity contribution in [2.45, 2.75) is 24.8 Å². The molecular weight excluding hydrogens is 438 g/mol. The second-order valence-electron chi connectivity index (χ2n) is 8.25. The molecule has 1 aliphatic heterocycles. The van der Waals surface area contributed by atoms with Gasteiger partial charge in [0.05, 0.1) is 30.7 Å². The topological polar surface area (TPSA) is 87.7 Å². The van der Waals surface area contributed by atoms with E-state index in [1.807, 2.05) is 31.2 Å². The molecule has 0 radical (unpaired) electrons. The Kier molecular flexibility index (Phi) is 6.97. The van der Waals surface area contributed by atoms with Crippen molar-refractivity contribution in [2.75, 3.05) is 38.2 Å². The number of morpholine rings is 1. The van der Waals surface area contributed by atoms with E-state index in [1.54, 1.807) is 25.1 Å². The highest BCUT2D eigenvalue weighted by Crippen LogP contribution is 2.24. The second-order valence-corrected chi connectivity index (χ2v) is 10.2. The van der Waals surface area contributed by atoms with Gasteiger partial charge in [0.25, 0.3) is 0 Å². The largest absolute Gasteiger partial charge is 0.379 e. The number of nitrogens with one attached hydrogen (secondary N) is 2. The molecule has 7 nitrogen and oxygen atoms in total. The van der Waals surface area contributed by atoms with Crippen LogP contribution in [0, 0.1) is 6.92 Å². The first-order valence-corrected chi connectivity index (χ1v) is 12.5. The Morgan fingerprint density at radius 2 is 1.76 bits per heavy atom. The van der Waals surface area contributed by atoms with E-state index in [2.05, 4.69) is 28.8 Å². The van der Waals surface area contributed by atoms with Crippen molar-refractivity contribution >= 4 is 32.4 Å². The van der Waals surface area contributed by atoms with Crippen LogP contribution in [0.2, 0.25) is 0 Å². The van der Waals surface area contributed by atoms with Gasteiger partial charge in [-0.05, 0) is 53.9 Å². The van der Waals surface area contributed by atoms with Crippen molar-refractivity contribution in [2.24, 2.45) is 0 Å². The Morgan fingerprint density at radius 1 is 1.03 bits per heavy atom. The van der Waals surface area contributed by atoms with Gasteiger partial charge in [-0.3, -0.25) is 4.79 Å². The Labute approximate surface area is 194 Å². The third kappa shape index (κ3) is 5.35. The van der Waals surface area contributed by atoms with Crippen LogP contribution >= 0.6 is 0 Å². The summed E-state index contributed by atoms with van der Waals surface area (Å²) >= 11 is 0. The number of amides is 1. The van der Waals surface area contributed by atoms with Crippen molar-refractivity contribution in [1.29, 1.82) is 0 Å². The van der Waals surface area contributed by atoms with Gasteiger partial charge in [-0.25, -0.2) is 8.42 Å². The molecule has 33 heavy (non-hydrogen) atoms. The number of aryl methyl sites for hydroxylation is 1. The number of anilines is 1. The molecule has 2 N–H and O–H groups in total. The van der Waals surface area contributed by atoms with Crippen LogP contribution < -0.4 is 10.6 Å².